The van der Waals surface area contributed by atoms with E-state index in [1.165, 1.54) is 32.4 Å². The number of para-hydroxylation sites is 1. The number of hydrogen-bond donors (Lipinski definition) is 2. The molecule has 0 spiro atoms. The summed E-state index contributed by atoms with van der Waals surface area (Å²) in [6.07, 6.45) is 0. The smallest absolute Gasteiger partial charge is 0.262 e. The summed E-state index contributed by atoms with van der Waals surface area (Å²) in [7, 11) is -0.940. The number of hydrogen-bond acceptors (Lipinski definition) is 5. The fraction of sp³-hybridized carbons (Fsp3) is 0.0952. The van der Waals surface area contributed by atoms with Crippen LogP contribution in [0.25, 0.3) is 0 Å². The molecule has 0 saturated heterocycles. The van der Waals surface area contributed by atoms with Gasteiger partial charge in [-0.2, -0.15) is 0 Å². The number of methoxy groups -OCH3 is 2. The molecule has 3 aromatic rings. The van der Waals surface area contributed by atoms with Gasteiger partial charge in [0, 0.05) is 17.3 Å². The van der Waals surface area contributed by atoms with Crippen LogP contribution < -0.4 is 19.5 Å². The minimum Gasteiger partial charge on any atom is -0.497 e. The van der Waals surface area contributed by atoms with Crippen molar-refractivity contribution in [3.05, 3.63) is 77.3 Å². The van der Waals surface area contributed by atoms with Gasteiger partial charge in [-0.05, 0) is 42.5 Å². The lowest BCUT2D eigenvalue weighted by Crippen LogP contribution is -2.15. The third kappa shape index (κ3) is 5.03. The molecule has 0 aliphatic heterocycles. The summed E-state index contributed by atoms with van der Waals surface area (Å²) in [6, 6.07) is 17.1. The normalized spacial score (nSPS) is 10.9. The molecular weight excluding hydrogens is 428 g/mol. The van der Waals surface area contributed by atoms with Crippen LogP contribution in [0.5, 0.6) is 11.5 Å². The zero-order valence-electron chi connectivity index (χ0n) is 16.2. The highest BCUT2D eigenvalue weighted by Gasteiger charge is 2.17. The van der Waals surface area contributed by atoms with Crippen LogP contribution in [-0.4, -0.2) is 28.5 Å². The van der Waals surface area contributed by atoms with Crippen LogP contribution in [0, 0.1) is 0 Å². The van der Waals surface area contributed by atoms with Crippen LogP contribution in [0.4, 0.5) is 11.4 Å². The third-order valence-electron chi connectivity index (χ3n) is 4.13. The molecule has 0 radical (unpaired) electrons. The molecule has 3 aromatic carbocycles. The monoisotopic (exact) mass is 446 g/mol. The molecule has 156 valence electrons. The second kappa shape index (κ2) is 9.06. The molecule has 0 aromatic heterocycles. The Hall–Kier alpha value is -3.23. The number of rotatable bonds is 7. The highest BCUT2D eigenvalue weighted by Crippen LogP contribution is 2.26. The van der Waals surface area contributed by atoms with Crippen molar-refractivity contribution in [3.8, 4) is 11.5 Å². The number of anilines is 2. The number of carbonyl (C=O) groups excluding carboxylic acids is 1. The van der Waals surface area contributed by atoms with Gasteiger partial charge in [0.2, 0.25) is 0 Å². The van der Waals surface area contributed by atoms with E-state index in [-0.39, 0.29) is 15.6 Å². The molecule has 0 saturated carbocycles. The summed E-state index contributed by atoms with van der Waals surface area (Å²) in [4.78, 5) is 12.6. The number of carbonyl (C=O) groups is 1. The summed E-state index contributed by atoms with van der Waals surface area (Å²) < 4.78 is 38.2. The minimum absolute atomic E-state index is 0.0246. The van der Waals surface area contributed by atoms with Crippen molar-refractivity contribution in [2.24, 2.45) is 0 Å². The van der Waals surface area contributed by atoms with Crippen LogP contribution in [0.2, 0.25) is 5.02 Å². The van der Waals surface area contributed by atoms with E-state index in [9.17, 15) is 13.2 Å². The molecule has 2 N–H and O–H groups in total. The third-order valence-corrected chi connectivity index (χ3v) is 5.83. The Morgan fingerprint density at radius 2 is 1.57 bits per heavy atom. The van der Waals surface area contributed by atoms with Crippen molar-refractivity contribution in [1.29, 1.82) is 0 Å². The zero-order valence-corrected chi connectivity index (χ0v) is 17.8. The maximum absolute atomic E-state index is 12.7. The van der Waals surface area contributed by atoms with Gasteiger partial charge in [-0.15, -0.1) is 0 Å². The largest absolute Gasteiger partial charge is 0.497 e. The first-order chi connectivity index (χ1) is 14.3. The lowest BCUT2D eigenvalue weighted by atomic mass is 10.2. The predicted molar refractivity (Wildman–Crippen MR) is 116 cm³/mol. The molecule has 0 unspecified atom stereocenters. The molecule has 0 atom stereocenters. The first-order valence-electron chi connectivity index (χ1n) is 8.74. The van der Waals surface area contributed by atoms with Crippen molar-refractivity contribution in [3.63, 3.8) is 0 Å². The Morgan fingerprint density at radius 3 is 2.20 bits per heavy atom. The van der Waals surface area contributed by atoms with Gasteiger partial charge in [-0.25, -0.2) is 8.42 Å². The van der Waals surface area contributed by atoms with Gasteiger partial charge in [0.1, 0.15) is 11.5 Å². The van der Waals surface area contributed by atoms with E-state index in [1.54, 1.807) is 48.5 Å². The fourth-order valence-electron chi connectivity index (χ4n) is 2.63. The van der Waals surface area contributed by atoms with Gasteiger partial charge >= 0.3 is 0 Å². The number of amides is 1. The van der Waals surface area contributed by atoms with E-state index >= 15 is 0 Å². The van der Waals surface area contributed by atoms with E-state index in [4.69, 9.17) is 21.1 Å². The van der Waals surface area contributed by atoms with Crippen LogP contribution >= 0.6 is 11.6 Å². The summed E-state index contributed by atoms with van der Waals surface area (Å²) in [5.74, 6) is 0.473. The molecule has 0 fully saturated rings. The van der Waals surface area contributed by atoms with Gasteiger partial charge in [0.05, 0.1) is 29.8 Å². The second-order valence-electron chi connectivity index (χ2n) is 6.17. The van der Waals surface area contributed by atoms with Crippen LogP contribution in [-0.2, 0) is 10.0 Å². The first kappa shape index (κ1) is 21.5. The zero-order chi connectivity index (χ0) is 21.7. The quantitative estimate of drug-likeness (QED) is 0.560. The maximum Gasteiger partial charge on any atom is 0.262 e. The Morgan fingerprint density at radius 1 is 0.900 bits per heavy atom. The summed E-state index contributed by atoms with van der Waals surface area (Å²) in [5.41, 5.74) is 0.870. The van der Waals surface area contributed by atoms with E-state index in [1.807, 2.05) is 0 Å². The van der Waals surface area contributed by atoms with Gasteiger partial charge in [-0.3, -0.25) is 9.52 Å². The Kier molecular flexibility index (Phi) is 6.49. The number of ether oxygens (including phenoxy) is 2. The van der Waals surface area contributed by atoms with Gasteiger partial charge in [0.25, 0.3) is 15.9 Å². The topological polar surface area (TPSA) is 93.7 Å². The van der Waals surface area contributed by atoms with Crippen molar-refractivity contribution in [2.45, 2.75) is 4.90 Å². The fourth-order valence-corrected chi connectivity index (χ4v) is 3.99. The average Bonchev–Trinajstić information content (AvgIpc) is 2.75. The summed E-state index contributed by atoms with van der Waals surface area (Å²) in [6.45, 7) is 0. The van der Waals surface area contributed by atoms with Gasteiger partial charge < -0.3 is 14.8 Å². The standard InChI is InChI=1S/C21H19ClN2O5S/c1-28-16-10-14(11-17(13-16)29-2)21(25)23-15-6-5-7-18(12-15)30(26,27)24-20-9-4-3-8-19(20)22/h3-13,24H,1-2H3,(H,23,25). The molecule has 0 heterocycles. The molecule has 9 heteroatoms. The van der Waals surface area contributed by atoms with E-state index in [0.29, 0.717) is 22.7 Å². The van der Waals surface area contributed by atoms with E-state index < -0.39 is 15.9 Å². The second-order valence-corrected chi connectivity index (χ2v) is 8.26. The van der Waals surface area contributed by atoms with E-state index in [0.717, 1.165) is 0 Å². The highest BCUT2D eigenvalue weighted by atomic mass is 35.5. The molecule has 7 nitrogen and oxygen atoms in total. The molecule has 30 heavy (non-hydrogen) atoms. The lowest BCUT2D eigenvalue weighted by molar-refractivity contribution is 0.102. The maximum atomic E-state index is 12.7. The minimum atomic E-state index is -3.91. The first-order valence-corrected chi connectivity index (χ1v) is 10.6. The highest BCUT2D eigenvalue weighted by molar-refractivity contribution is 7.92. The van der Waals surface area contributed by atoms with Crippen molar-refractivity contribution < 1.29 is 22.7 Å². The number of halogens is 1. The predicted octanol–water partition coefficient (Wildman–Crippen LogP) is 4.41. The van der Waals surface area contributed by atoms with Crippen LogP contribution in [0.1, 0.15) is 10.4 Å². The lowest BCUT2D eigenvalue weighted by Gasteiger charge is -2.12. The molecular formula is C21H19ClN2O5S. The summed E-state index contributed by atoms with van der Waals surface area (Å²) >= 11 is 6.03. The SMILES string of the molecule is COc1cc(OC)cc(C(=O)Nc2cccc(S(=O)(=O)Nc3ccccc3Cl)c2)c1. The Bertz CT molecular complexity index is 1160. The van der Waals surface area contributed by atoms with Crippen LogP contribution in [0.15, 0.2) is 71.6 Å². The summed E-state index contributed by atoms with van der Waals surface area (Å²) in [5, 5.41) is 2.96. The van der Waals surface area contributed by atoms with Crippen molar-refractivity contribution in [2.75, 3.05) is 24.3 Å². The van der Waals surface area contributed by atoms with Gasteiger partial charge in [-0.1, -0.05) is 29.8 Å². The molecule has 0 aliphatic carbocycles. The van der Waals surface area contributed by atoms with Crippen molar-refractivity contribution in [1.82, 2.24) is 0 Å². The molecule has 0 bridgehead atoms. The Labute approximate surface area is 179 Å². The molecule has 0 aliphatic rings. The van der Waals surface area contributed by atoms with Crippen LogP contribution in [0.3, 0.4) is 0 Å². The average molecular weight is 447 g/mol. The number of benzene rings is 3. The molecule has 1 amide bonds. The van der Waals surface area contributed by atoms with E-state index in [2.05, 4.69) is 10.0 Å². The molecule has 3 rings (SSSR count). The van der Waals surface area contributed by atoms with Gasteiger partial charge in [0.15, 0.2) is 0 Å². The Balaban J connectivity index is 1.83. The number of sulfonamides is 1. The number of nitrogens with one attached hydrogen (secondary N) is 2. The van der Waals surface area contributed by atoms with Crippen molar-refractivity contribution >= 4 is 38.9 Å².